The first-order valence-corrected chi connectivity index (χ1v) is 7.68. The molecule has 0 spiro atoms. The summed E-state index contributed by atoms with van der Waals surface area (Å²) >= 11 is 0. The van der Waals surface area contributed by atoms with Gasteiger partial charge in [-0.25, -0.2) is 9.18 Å². The van der Waals surface area contributed by atoms with Crippen LogP contribution < -0.4 is 11.1 Å². The summed E-state index contributed by atoms with van der Waals surface area (Å²) in [6, 6.07) is 6.21. The van der Waals surface area contributed by atoms with Crippen molar-refractivity contribution in [3.8, 4) is 0 Å². The molecule has 0 aliphatic carbocycles. The molecule has 0 saturated carbocycles. The lowest BCUT2D eigenvalue weighted by molar-refractivity contribution is -0.138. The van der Waals surface area contributed by atoms with Gasteiger partial charge in [-0.3, -0.25) is 4.99 Å². The molecule has 1 aliphatic heterocycles. The zero-order chi connectivity index (χ0) is 16.8. The number of halogens is 1. The number of esters is 1. The molecule has 3 N–H and O–H groups in total. The number of carbonyl (C=O) groups excluding carboxylic acids is 1. The number of nitrogens with one attached hydrogen (secondary N) is 1. The minimum Gasteiger partial charge on any atom is -0.461 e. The maximum absolute atomic E-state index is 13.0. The molecule has 0 amide bonds. The van der Waals surface area contributed by atoms with Gasteiger partial charge in [-0.2, -0.15) is 0 Å². The molecular formula is C17H22FN3O2. The largest absolute Gasteiger partial charge is 0.461 e. The number of hydrogen-bond donors (Lipinski definition) is 2. The number of nitrogens with zero attached hydrogens (tertiary/aromatic N) is 1. The molecule has 1 aromatic rings. The molecule has 1 heterocycles. The van der Waals surface area contributed by atoms with Crippen LogP contribution in [0, 0.1) is 11.7 Å². The average molecular weight is 319 g/mol. The molecular weight excluding hydrogens is 297 g/mol. The number of carbonyl (C=O) groups is 1. The Labute approximate surface area is 135 Å². The number of hydrogen-bond acceptors (Lipinski definition) is 5. The van der Waals surface area contributed by atoms with Crippen LogP contribution >= 0.6 is 0 Å². The lowest BCUT2D eigenvalue weighted by atomic mass is 9.92. The van der Waals surface area contributed by atoms with Gasteiger partial charge in [-0.05, 0) is 24.6 Å². The predicted octanol–water partition coefficient (Wildman–Crippen LogP) is 1.78. The van der Waals surface area contributed by atoms with E-state index in [1.165, 1.54) is 12.1 Å². The van der Waals surface area contributed by atoms with Crippen LogP contribution in [0.5, 0.6) is 0 Å². The third-order valence-electron chi connectivity index (χ3n) is 3.69. The second-order valence-corrected chi connectivity index (χ2v) is 5.47. The van der Waals surface area contributed by atoms with Crippen LogP contribution in [-0.4, -0.2) is 31.4 Å². The number of rotatable bonds is 4. The lowest BCUT2D eigenvalue weighted by Gasteiger charge is -2.26. The molecule has 0 radical (unpaired) electrons. The third kappa shape index (κ3) is 4.39. The third-order valence-corrected chi connectivity index (χ3v) is 3.69. The van der Waals surface area contributed by atoms with Crippen LogP contribution in [0.25, 0.3) is 0 Å². The van der Waals surface area contributed by atoms with Gasteiger partial charge < -0.3 is 15.8 Å². The van der Waals surface area contributed by atoms with Crippen molar-refractivity contribution >= 4 is 11.7 Å². The Morgan fingerprint density at radius 3 is 2.78 bits per heavy atom. The van der Waals surface area contributed by atoms with Crippen LogP contribution in [0.2, 0.25) is 0 Å². The van der Waals surface area contributed by atoms with Crippen molar-refractivity contribution in [2.75, 3.05) is 19.7 Å². The first kappa shape index (κ1) is 17.1. The van der Waals surface area contributed by atoms with Crippen molar-refractivity contribution in [3.05, 3.63) is 46.9 Å². The predicted molar refractivity (Wildman–Crippen MR) is 87.4 cm³/mol. The zero-order valence-corrected chi connectivity index (χ0v) is 13.4. The van der Waals surface area contributed by atoms with Gasteiger partial charge in [0.2, 0.25) is 0 Å². The van der Waals surface area contributed by atoms with Gasteiger partial charge in [0.1, 0.15) is 11.5 Å². The molecule has 0 aromatic heterocycles. The van der Waals surface area contributed by atoms with Crippen molar-refractivity contribution in [2.45, 2.75) is 20.4 Å². The van der Waals surface area contributed by atoms with Crippen molar-refractivity contribution in [1.82, 2.24) is 5.32 Å². The Hall–Kier alpha value is -2.21. The smallest absolute Gasteiger partial charge is 0.354 e. The minimum atomic E-state index is -0.520. The van der Waals surface area contributed by atoms with E-state index >= 15 is 0 Å². The molecule has 1 fully saturated rings. The molecule has 23 heavy (non-hydrogen) atoms. The van der Waals surface area contributed by atoms with Crippen molar-refractivity contribution in [3.63, 3.8) is 0 Å². The molecule has 1 aromatic carbocycles. The van der Waals surface area contributed by atoms with E-state index in [0.29, 0.717) is 18.7 Å². The van der Waals surface area contributed by atoms with Gasteiger partial charge in [0, 0.05) is 30.3 Å². The Balaban J connectivity index is 2.26. The first-order chi connectivity index (χ1) is 11.0. The highest BCUT2D eigenvalue weighted by Gasteiger charge is 2.25. The summed E-state index contributed by atoms with van der Waals surface area (Å²) in [6.45, 7) is 5.70. The van der Waals surface area contributed by atoms with Crippen molar-refractivity contribution in [2.24, 2.45) is 16.6 Å². The van der Waals surface area contributed by atoms with E-state index in [9.17, 15) is 9.18 Å². The van der Waals surface area contributed by atoms with Crippen LogP contribution in [0.1, 0.15) is 19.4 Å². The molecule has 6 heteroatoms. The summed E-state index contributed by atoms with van der Waals surface area (Å²) in [5.74, 6) is -0.663. The fourth-order valence-electron chi connectivity index (χ4n) is 2.48. The molecule has 1 atom stereocenters. The lowest BCUT2D eigenvalue weighted by Crippen LogP contribution is -2.40. The van der Waals surface area contributed by atoms with E-state index in [1.54, 1.807) is 19.1 Å². The summed E-state index contributed by atoms with van der Waals surface area (Å²) in [7, 11) is 0. The Bertz CT molecular complexity index is 623. The molecule has 124 valence electrons. The molecule has 5 nitrogen and oxygen atoms in total. The second kappa shape index (κ2) is 7.87. The monoisotopic (exact) mass is 319 g/mol. The standard InChI is InChI=1S/C17H22FN3O2/c1-3-23-17(22)15(19)14-10-20-8-11(2)16(14)21-9-12-4-6-13(18)7-5-12/h4-7,11,20H,3,8-10,19H2,1-2H3. The topological polar surface area (TPSA) is 76.7 Å². The van der Waals surface area contributed by atoms with E-state index < -0.39 is 5.97 Å². The van der Waals surface area contributed by atoms with E-state index in [2.05, 4.69) is 10.3 Å². The van der Waals surface area contributed by atoms with E-state index in [4.69, 9.17) is 10.5 Å². The highest BCUT2D eigenvalue weighted by atomic mass is 19.1. The molecule has 2 rings (SSSR count). The first-order valence-electron chi connectivity index (χ1n) is 7.68. The minimum absolute atomic E-state index is 0.101. The number of ether oxygens (including phenoxy) is 1. The number of benzene rings is 1. The maximum atomic E-state index is 13.0. The molecule has 1 aliphatic rings. The fourth-order valence-corrected chi connectivity index (χ4v) is 2.48. The summed E-state index contributed by atoms with van der Waals surface area (Å²) in [5.41, 5.74) is 8.45. The summed E-state index contributed by atoms with van der Waals surface area (Å²) in [4.78, 5) is 16.5. The summed E-state index contributed by atoms with van der Waals surface area (Å²) in [5, 5.41) is 3.22. The summed E-state index contributed by atoms with van der Waals surface area (Å²) < 4.78 is 17.9. The highest BCUT2D eigenvalue weighted by molar-refractivity contribution is 6.08. The molecule has 0 bridgehead atoms. The van der Waals surface area contributed by atoms with Crippen molar-refractivity contribution in [1.29, 1.82) is 0 Å². The molecule has 1 unspecified atom stereocenters. The van der Waals surface area contributed by atoms with Crippen LogP contribution in [0.15, 0.2) is 40.5 Å². The fraction of sp³-hybridized carbons (Fsp3) is 0.412. The van der Waals surface area contributed by atoms with Gasteiger partial charge in [0.25, 0.3) is 0 Å². The Kier molecular flexibility index (Phi) is 5.87. The van der Waals surface area contributed by atoms with Crippen LogP contribution in [-0.2, 0) is 16.1 Å². The van der Waals surface area contributed by atoms with Crippen LogP contribution in [0.4, 0.5) is 4.39 Å². The normalized spacial score (nSPS) is 22.0. The van der Waals surface area contributed by atoms with Crippen molar-refractivity contribution < 1.29 is 13.9 Å². The van der Waals surface area contributed by atoms with Gasteiger partial charge >= 0.3 is 5.97 Å². The maximum Gasteiger partial charge on any atom is 0.354 e. The zero-order valence-electron chi connectivity index (χ0n) is 13.4. The van der Waals surface area contributed by atoms with Gasteiger partial charge in [0.05, 0.1) is 13.2 Å². The highest BCUT2D eigenvalue weighted by Crippen LogP contribution is 2.17. The number of aliphatic imine (C=N–C) groups is 1. The quantitative estimate of drug-likeness (QED) is 0.655. The van der Waals surface area contributed by atoms with E-state index in [-0.39, 0.29) is 24.0 Å². The van der Waals surface area contributed by atoms with Crippen LogP contribution in [0.3, 0.4) is 0 Å². The van der Waals surface area contributed by atoms with Gasteiger partial charge in [-0.15, -0.1) is 0 Å². The summed E-state index contributed by atoms with van der Waals surface area (Å²) in [6.07, 6.45) is 0. The van der Waals surface area contributed by atoms with E-state index in [0.717, 1.165) is 17.8 Å². The van der Waals surface area contributed by atoms with Gasteiger partial charge in [-0.1, -0.05) is 19.1 Å². The van der Waals surface area contributed by atoms with Gasteiger partial charge in [0.15, 0.2) is 0 Å². The number of piperidine rings is 1. The van der Waals surface area contributed by atoms with E-state index in [1.807, 2.05) is 6.92 Å². The Morgan fingerprint density at radius 2 is 2.13 bits per heavy atom. The average Bonchev–Trinajstić information content (AvgIpc) is 2.54. The SMILES string of the molecule is CCOC(=O)C(N)=C1CNCC(C)C1=NCc1ccc(F)cc1. The molecule has 1 saturated heterocycles. The Morgan fingerprint density at radius 1 is 1.43 bits per heavy atom. The number of nitrogens with two attached hydrogens (primary N) is 1. The second-order valence-electron chi connectivity index (χ2n) is 5.47.